The van der Waals surface area contributed by atoms with Gasteiger partial charge in [0.15, 0.2) is 0 Å². The summed E-state index contributed by atoms with van der Waals surface area (Å²) < 4.78 is 9.62. The van der Waals surface area contributed by atoms with Crippen LogP contribution >= 0.6 is 0 Å². The smallest absolute Gasteiger partial charge is 0.322 e. The zero-order valence-electron chi connectivity index (χ0n) is 22.3. The quantitative estimate of drug-likeness (QED) is 0.283. The van der Waals surface area contributed by atoms with Crippen LogP contribution in [0.1, 0.15) is 41.0 Å². The van der Waals surface area contributed by atoms with E-state index in [0.717, 1.165) is 57.4 Å². The van der Waals surface area contributed by atoms with Crippen LogP contribution in [0.25, 0.3) is 11.5 Å². The van der Waals surface area contributed by atoms with Crippen molar-refractivity contribution in [2.75, 3.05) is 12.4 Å². The second-order valence-corrected chi connectivity index (χ2v) is 9.70. The third-order valence-corrected chi connectivity index (χ3v) is 7.38. The highest BCUT2D eigenvalue weighted by molar-refractivity contribution is 5.91. The number of benzene rings is 3. The number of aromatic nitrogens is 3. The molecule has 1 atom stereocenters. The molecule has 0 fully saturated rings. The van der Waals surface area contributed by atoms with Gasteiger partial charge in [-0.15, -0.1) is 0 Å². The number of amides is 2. The van der Waals surface area contributed by atoms with Gasteiger partial charge in [-0.1, -0.05) is 55.5 Å². The third-order valence-electron chi connectivity index (χ3n) is 7.38. The number of methoxy groups -OCH3 is 1. The number of nitrogens with one attached hydrogen (secondary N) is 1. The minimum atomic E-state index is -0.337. The van der Waals surface area contributed by atoms with Crippen molar-refractivity contribution in [2.45, 2.75) is 32.9 Å². The second kappa shape index (κ2) is 10.2. The molecule has 5 aromatic rings. The second-order valence-electron chi connectivity index (χ2n) is 9.70. The molecule has 0 unspecified atom stereocenters. The molecule has 0 bridgehead atoms. The summed E-state index contributed by atoms with van der Waals surface area (Å²) >= 11 is 0. The van der Waals surface area contributed by atoms with Crippen LogP contribution in [0, 0.1) is 6.92 Å². The molecule has 0 radical (unpaired) electrons. The molecule has 1 N–H and O–H groups in total. The summed E-state index contributed by atoms with van der Waals surface area (Å²) in [4.78, 5) is 16.1. The average molecular weight is 518 g/mol. The van der Waals surface area contributed by atoms with E-state index in [1.165, 1.54) is 0 Å². The molecular formula is C32H31N5O2. The molecule has 7 nitrogen and oxygen atoms in total. The molecule has 0 saturated heterocycles. The van der Waals surface area contributed by atoms with E-state index in [1.807, 2.05) is 89.3 Å². The van der Waals surface area contributed by atoms with Gasteiger partial charge < -0.3 is 19.5 Å². The fourth-order valence-corrected chi connectivity index (χ4v) is 5.39. The molecule has 6 rings (SSSR count). The number of urea groups is 1. The van der Waals surface area contributed by atoms with E-state index in [2.05, 4.69) is 41.2 Å². The summed E-state index contributed by atoms with van der Waals surface area (Å²) in [6.45, 7) is 4.51. The van der Waals surface area contributed by atoms with Crippen LogP contribution in [0.5, 0.6) is 5.75 Å². The molecule has 196 valence electrons. The average Bonchev–Trinajstić information content (AvgIpc) is 3.56. The van der Waals surface area contributed by atoms with Gasteiger partial charge in [0, 0.05) is 17.4 Å². The van der Waals surface area contributed by atoms with Crippen LogP contribution in [0.15, 0.2) is 97.2 Å². The minimum Gasteiger partial charge on any atom is -0.497 e. The topological polar surface area (TPSA) is 64.3 Å². The Morgan fingerprint density at radius 1 is 0.974 bits per heavy atom. The number of hydrogen-bond acceptors (Lipinski definition) is 3. The van der Waals surface area contributed by atoms with E-state index in [4.69, 9.17) is 9.84 Å². The number of ether oxygens (including phenoxy) is 1. The summed E-state index contributed by atoms with van der Waals surface area (Å²) in [5, 5.41) is 8.22. The molecule has 2 amide bonds. The van der Waals surface area contributed by atoms with Crippen molar-refractivity contribution in [3.63, 3.8) is 0 Å². The van der Waals surface area contributed by atoms with Crippen LogP contribution in [0.2, 0.25) is 0 Å². The molecule has 0 aliphatic carbocycles. The number of anilines is 1. The molecule has 3 aromatic carbocycles. The lowest BCUT2D eigenvalue weighted by Gasteiger charge is -2.31. The first kappa shape index (κ1) is 24.6. The van der Waals surface area contributed by atoms with E-state index in [-0.39, 0.29) is 12.1 Å². The van der Waals surface area contributed by atoms with E-state index >= 15 is 0 Å². The third kappa shape index (κ3) is 4.36. The van der Waals surface area contributed by atoms with Crippen LogP contribution in [-0.4, -0.2) is 32.4 Å². The van der Waals surface area contributed by atoms with Gasteiger partial charge in [-0.05, 0) is 66.9 Å². The molecule has 39 heavy (non-hydrogen) atoms. The van der Waals surface area contributed by atoms with Gasteiger partial charge in [0.05, 0.1) is 36.8 Å². The van der Waals surface area contributed by atoms with E-state index in [9.17, 15) is 4.79 Å². The summed E-state index contributed by atoms with van der Waals surface area (Å²) in [6.07, 6.45) is 2.81. The van der Waals surface area contributed by atoms with Gasteiger partial charge in [0.2, 0.25) is 0 Å². The first-order chi connectivity index (χ1) is 19.1. The maximum absolute atomic E-state index is 14.2. The number of hydrogen-bond donors (Lipinski definition) is 1. The fraction of sp³-hybridized carbons (Fsp3) is 0.188. The van der Waals surface area contributed by atoms with Crippen LogP contribution in [0.4, 0.5) is 10.5 Å². The predicted molar refractivity (Wildman–Crippen MR) is 153 cm³/mol. The Morgan fingerprint density at radius 3 is 2.44 bits per heavy atom. The molecule has 1 aliphatic rings. The van der Waals surface area contributed by atoms with Crippen molar-refractivity contribution in [1.82, 2.24) is 19.2 Å². The molecule has 3 heterocycles. The Balaban J connectivity index is 1.55. The number of carbonyl (C=O) groups excluding carboxylic acids is 1. The largest absolute Gasteiger partial charge is 0.497 e. The summed E-state index contributed by atoms with van der Waals surface area (Å²) in [5.74, 6) is 1.73. The Hall–Kier alpha value is -4.78. The van der Waals surface area contributed by atoms with Crippen molar-refractivity contribution >= 4 is 11.7 Å². The highest BCUT2D eigenvalue weighted by Gasteiger charge is 2.36. The molecule has 0 saturated carbocycles. The number of aryl methyl sites for hydroxylation is 2. The molecule has 0 spiro atoms. The van der Waals surface area contributed by atoms with Gasteiger partial charge in [0.1, 0.15) is 11.6 Å². The Kier molecular flexibility index (Phi) is 6.40. The van der Waals surface area contributed by atoms with Gasteiger partial charge in [-0.2, -0.15) is 5.10 Å². The molecule has 1 aliphatic heterocycles. The first-order valence-electron chi connectivity index (χ1n) is 13.2. The highest BCUT2D eigenvalue weighted by Crippen LogP contribution is 2.39. The number of nitrogens with zero attached hydrogens (tertiary/aromatic N) is 4. The van der Waals surface area contributed by atoms with E-state index < -0.39 is 0 Å². The maximum Gasteiger partial charge on any atom is 0.322 e. The predicted octanol–water partition coefficient (Wildman–Crippen LogP) is 6.68. The van der Waals surface area contributed by atoms with Gasteiger partial charge >= 0.3 is 6.03 Å². The molecule has 2 aromatic heterocycles. The monoisotopic (exact) mass is 517 g/mol. The van der Waals surface area contributed by atoms with Gasteiger partial charge in [0.25, 0.3) is 0 Å². The lowest BCUT2D eigenvalue weighted by molar-refractivity contribution is 0.194. The normalized spacial score (nSPS) is 14.3. The van der Waals surface area contributed by atoms with Crippen molar-refractivity contribution in [3.05, 3.63) is 125 Å². The van der Waals surface area contributed by atoms with Crippen molar-refractivity contribution < 1.29 is 9.53 Å². The van der Waals surface area contributed by atoms with Crippen molar-refractivity contribution in [1.29, 1.82) is 0 Å². The number of rotatable bonds is 5. The molecular weight excluding hydrogens is 486 g/mol. The Morgan fingerprint density at radius 2 is 1.72 bits per heavy atom. The Labute approximate surface area is 228 Å². The van der Waals surface area contributed by atoms with Crippen molar-refractivity contribution in [2.24, 2.45) is 0 Å². The zero-order chi connectivity index (χ0) is 26.9. The van der Waals surface area contributed by atoms with Gasteiger partial charge in [-0.3, -0.25) is 0 Å². The molecule has 7 heteroatoms. The first-order valence-corrected chi connectivity index (χ1v) is 13.2. The Bertz CT molecular complexity index is 1620. The number of fused-ring (bicyclic) bond motifs is 3. The van der Waals surface area contributed by atoms with Crippen molar-refractivity contribution in [3.8, 4) is 17.3 Å². The lowest BCUT2D eigenvalue weighted by atomic mass is 10.0. The summed E-state index contributed by atoms with van der Waals surface area (Å²) in [5.41, 5.74) is 6.78. The van der Waals surface area contributed by atoms with Crippen LogP contribution in [0.3, 0.4) is 0 Å². The fourth-order valence-electron chi connectivity index (χ4n) is 5.39. The zero-order valence-corrected chi connectivity index (χ0v) is 22.3. The minimum absolute atomic E-state index is 0.166. The van der Waals surface area contributed by atoms with Gasteiger partial charge in [-0.25, -0.2) is 9.48 Å². The summed E-state index contributed by atoms with van der Waals surface area (Å²) in [6, 6.07) is 29.6. The SMILES string of the molecule is CCc1nn(-c2ccccc2)c2c1CN(C(=O)Nc1ccccc1C)[C@H](c1ccc(OC)cc1)c1cccn1-2. The lowest BCUT2D eigenvalue weighted by Crippen LogP contribution is -2.38. The van der Waals surface area contributed by atoms with Crippen LogP contribution in [-0.2, 0) is 13.0 Å². The maximum atomic E-state index is 14.2. The highest BCUT2D eigenvalue weighted by atomic mass is 16.5. The summed E-state index contributed by atoms with van der Waals surface area (Å²) in [7, 11) is 1.66. The van der Waals surface area contributed by atoms with E-state index in [1.54, 1.807) is 7.11 Å². The number of para-hydroxylation sites is 2. The number of carbonyl (C=O) groups is 1. The van der Waals surface area contributed by atoms with E-state index in [0.29, 0.717) is 6.54 Å². The standard InChI is InChI=1S/C32H31N5O2/c1-4-27-26-21-36(32(38)33-28-14-9-8-11-22(28)2)30(23-16-18-25(39-3)19-17-23)29-15-10-20-35(29)31(26)37(34-27)24-12-6-5-7-13-24/h5-20,30H,4,21H2,1-3H3,(H,33,38)/t30-/m1/s1. The van der Waals surface area contributed by atoms with Crippen LogP contribution < -0.4 is 10.1 Å².